The quantitative estimate of drug-likeness (QED) is 0.179. The summed E-state index contributed by atoms with van der Waals surface area (Å²) in [5.41, 5.74) is 3.75. The number of carbonyl (C=O) groups excluding carboxylic acids is 2. The minimum atomic E-state index is -0.639. The molecule has 9 heteroatoms. The van der Waals surface area contributed by atoms with Gasteiger partial charge in [0, 0.05) is 18.5 Å². The molecule has 0 radical (unpaired) electrons. The largest absolute Gasteiger partial charge is 0.453 e. The van der Waals surface area contributed by atoms with Gasteiger partial charge in [-0.05, 0) is 24.6 Å². The molecule has 32 heavy (non-hydrogen) atoms. The van der Waals surface area contributed by atoms with Gasteiger partial charge in [-0.2, -0.15) is 0 Å². The average Bonchev–Trinajstić information content (AvgIpc) is 3.30. The van der Waals surface area contributed by atoms with Crippen molar-refractivity contribution in [2.45, 2.75) is 33.6 Å². The first-order valence-electron chi connectivity index (χ1n) is 9.98. The lowest BCUT2D eigenvalue weighted by molar-refractivity contribution is -0.120. The maximum Gasteiger partial charge on any atom is 0.407 e. The van der Waals surface area contributed by atoms with Gasteiger partial charge >= 0.3 is 6.09 Å². The smallest absolute Gasteiger partial charge is 0.407 e. The standard InChI is InChI=1S/C20H22N4O3.C3H8.H2S2/c1-4-15-6-8-16(9-7-15)17-12-21-18(24-17)10-5-14(2)11-22-19(25)13-23-20(26)27-3;1-3-2;1-2/h1,5-9,12H,10-11,13H2,2-3H3,(H,21,24)(H,22,25)(H,23,26);3H2,1-2H3;1-2H/b14-5-;;. The summed E-state index contributed by atoms with van der Waals surface area (Å²) in [5, 5.41) is 5.04. The van der Waals surface area contributed by atoms with Gasteiger partial charge in [0.05, 0.1) is 19.0 Å². The van der Waals surface area contributed by atoms with Gasteiger partial charge in [0.1, 0.15) is 12.4 Å². The average molecular weight is 477 g/mol. The number of amides is 2. The Morgan fingerprint density at radius 2 is 1.81 bits per heavy atom. The van der Waals surface area contributed by atoms with Crippen LogP contribution in [0, 0.1) is 12.3 Å². The lowest BCUT2D eigenvalue weighted by Gasteiger charge is -2.06. The highest BCUT2D eigenvalue weighted by molar-refractivity contribution is 8.59. The molecule has 0 aliphatic carbocycles. The van der Waals surface area contributed by atoms with Gasteiger partial charge in [0.2, 0.25) is 5.91 Å². The fourth-order valence-electron chi connectivity index (χ4n) is 2.23. The Morgan fingerprint density at radius 1 is 1.19 bits per heavy atom. The van der Waals surface area contributed by atoms with Crippen LogP contribution in [0.1, 0.15) is 38.6 Å². The van der Waals surface area contributed by atoms with Crippen LogP contribution in [-0.2, 0) is 16.0 Å². The number of alkyl carbamates (subject to hydrolysis) is 1. The maximum atomic E-state index is 11.6. The van der Waals surface area contributed by atoms with E-state index in [0.717, 1.165) is 28.2 Å². The number of benzene rings is 1. The summed E-state index contributed by atoms with van der Waals surface area (Å²) >= 11 is 6.44. The van der Waals surface area contributed by atoms with E-state index in [0.29, 0.717) is 13.0 Å². The fraction of sp³-hybridized carbons (Fsp3) is 0.348. The molecule has 1 aromatic carbocycles. The van der Waals surface area contributed by atoms with E-state index in [4.69, 9.17) is 6.42 Å². The highest BCUT2D eigenvalue weighted by atomic mass is 33.1. The number of aromatic amines is 1. The molecule has 7 nitrogen and oxygen atoms in total. The van der Waals surface area contributed by atoms with Crippen molar-refractivity contribution < 1.29 is 14.3 Å². The molecule has 0 spiro atoms. The monoisotopic (exact) mass is 476 g/mol. The number of nitrogens with zero attached hydrogens (tertiary/aromatic N) is 1. The predicted molar refractivity (Wildman–Crippen MR) is 137 cm³/mol. The van der Waals surface area contributed by atoms with Gasteiger partial charge in [-0.3, -0.25) is 4.79 Å². The van der Waals surface area contributed by atoms with Crippen LogP contribution in [0.25, 0.3) is 11.3 Å². The summed E-state index contributed by atoms with van der Waals surface area (Å²) in [5.74, 6) is 3.12. The van der Waals surface area contributed by atoms with Crippen molar-refractivity contribution >= 4 is 35.3 Å². The molecule has 174 valence electrons. The van der Waals surface area contributed by atoms with Crippen LogP contribution in [0.3, 0.4) is 0 Å². The minimum absolute atomic E-state index is 0.125. The Morgan fingerprint density at radius 3 is 2.38 bits per heavy atom. The van der Waals surface area contributed by atoms with Crippen LogP contribution in [0.4, 0.5) is 4.79 Å². The summed E-state index contributed by atoms with van der Waals surface area (Å²) in [7, 11) is 1.24. The van der Waals surface area contributed by atoms with Gasteiger partial charge in [-0.25, -0.2) is 9.78 Å². The zero-order chi connectivity index (χ0) is 24.4. The highest BCUT2D eigenvalue weighted by Crippen LogP contribution is 2.17. The van der Waals surface area contributed by atoms with Crippen molar-refractivity contribution in [2.75, 3.05) is 20.2 Å². The molecule has 0 atom stereocenters. The number of aromatic nitrogens is 2. The Bertz CT molecular complexity index is 887. The molecule has 0 bridgehead atoms. The second-order valence-electron chi connectivity index (χ2n) is 6.55. The number of ether oxygens (including phenoxy) is 1. The second-order valence-corrected chi connectivity index (χ2v) is 6.55. The van der Waals surface area contributed by atoms with Crippen LogP contribution < -0.4 is 10.6 Å². The Kier molecular flexibility index (Phi) is 16.2. The second kappa shape index (κ2) is 17.8. The zero-order valence-electron chi connectivity index (χ0n) is 18.9. The molecular formula is C23H32N4O3S2. The van der Waals surface area contributed by atoms with E-state index in [-0.39, 0.29) is 12.5 Å². The third-order valence-electron chi connectivity index (χ3n) is 3.78. The molecule has 0 saturated carbocycles. The number of rotatable bonds is 7. The molecule has 1 heterocycles. The molecule has 0 unspecified atom stereocenters. The van der Waals surface area contributed by atoms with Crippen molar-refractivity contribution in [3.8, 4) is 23.6 Å². The number of hydrogen-bond acceptors (Lipinski definition) is 6. The lowest BCUT2D eigenvalue weighted by Crippen LogP contribution is -2.37. The predicted octanol–water partition coefficient (Wildman–Crippen LogP) is 4.20. The van der Waals surface area contributed by atoms with Gasteiger partial charge in [0.15, 0.2) is 0 Å². The summed E-state index contributed by atoms with van der Waals surface area (Å²) in [4.78, 5) is 30.2. The molecule has 0 aliphatic rings. The number of allylic oxidation sites excluding steroid dienone is 1. The minimum Gasteiger partial charge on any atom is -0.453 e. The van der Waals surface area contributed by atoms with E-state index >= 15 is 0 Å². The Hall–Kier alpha value is -2.83. The molecule has 2 amide bonds. The van der Waals surface area contributed by atoms with Crippen molar-refractivity contribution in [3.05, 3.63) is 53.5 Å². The van der Waals surface area contributed by atoms with Gasteiger partial charge in [-0.15, -0.1) is 29.7 Å². The van der Waals surface area contributed by atoms with Gasteiger partial charge in [-0.1, -0.05) is 50.0 Å². The van der Waals surface area contributed by atoms with Crippen LogP contribution in [0.5, 0.6) is 0 Å². The van der Waals surface area contributed by atoms with Crippen molar-refractivity contribution in [3.63, 3.8) is 0 Å². The maximum absolute atomic E-state index is 11.6. The SMILES string of the molecule is C#Cc1ccc(-c2cnc(C/C=C(/C)CNC(=O)CNC(=O)OC)[nH]2)cc1.CCC.SS. The van der Waals surface area contributed by atoms with E-state index in [9.17, 15) is 9.59 Å². The first kappa shape index (κ1) is 29.2. The molecule has 1 aromatic heterocycles. The topological polar surface area (TPSA) is 96.1 Å². The lowest BCUT2D eigenvalue weighted by atomic mass is 10.1. The Balaban J connectivity index is 0.00000177. The number of nitrogens with one attached hydrogen (secondary N) is 3. The summed E-state index contributed by atoms with van der Waals surface area (Å²) < 4.78 is 4.40. The number of carbonyl (C=O) groups is 2. The molecule has 0 fully saturated rings. The highest BCUT2D eigenvalue weighted by Gasteiger charge is 2.05. The summed E-state index contributed by atoms with van der Waals surface area (Å²) in [6.07, 6.45) is 10.4. The van der Waals surface area contributed by atoms with E-state index in [1.165, 1.54) is 13.5 Å². The third kappa shape index (κ3) is 12.1. The molecule has 2 aromatic rings. The number of H-pyrrole nitrogens is 1. The van der Waals surface area contributed by atoms with Gasteiger partial charge in [0.25, 0.3) is 0 Å². The first-order valence-corrected chi connectivity index (χ1v) is 11.6. The normalized spacial score (nSPS) is 9.84. The molecule has 0 saturated heterocycles. The summed E-state index contributed by atoms with van der Waals surface area (Å²) in [6.45, 7) is 6.43. The number of hydrogen-bond donors (Lipinski definition) is 5. The van der Waals surface area contributed by atoms with E-state index < -0.39 is 6.09 Å². The van der Waals surface area contributed by atoms with E-state index in [1.54, 1.807) is 6.20 Å². The van der Waals surface area contributed by atoms with Crippen molar-refractivity contribution in [2.24, 2.45) is 0 Å². The number of methoxy groups -OCH3 is 1. The van der Waals surface area contributed by atoms with Crippen LogP contribution in [0.15, 0.2) is 42.1 Å². The molecule has 2 rings (SSSR count). The van der Waals surface area contributed by atoms with Crippen LogP contribution >= 0.6 is 23.3 Å². The molecule has 0 aliphatic heterocycles. The van der Waals surface area contributed by atoms with E-state index in [1.807, 2.05) is 37.3 Å². The van der Waals surface area contributed by atoms with Crippen molar-refractivity contribution in [1.29, 1.82) is 0 Å². The van der Waals surface area contributed by atoms with Gasteiger partial charge < -0.3 is 20.4 Å². The van der Waals surface area contributed by atoms with Crippen molar-refractivity contribution in [1.82, 2.24) is 20.6 Å². The number of thiol groups is 2. The number of terminal acetylenes is 1. The van der Waals surface area contributed by atoms with Crippen LogP contribution in [0.2, 0.25) is 0 Å². The third-order valence-corrected chi connectivity index (χ3v) is 3.78. The molecular weight excluding hydrogens is 444 g/mol. The zero-order valence-corrected chi connectivity index (χ0v) is 20.7. The van der Waals surface area contributed by atoms with Crippen LogP contribution in [-0.4, -0.2) is 42.2 Å². The summed E-state index contributed by atoms with van der Waals surface area (Å²) in [6, 6.07) is 7.67. The fourth-order valence-corrected chi connectivity index (χ4v) is 2.23. The Labute approximate surface area is 201 Å². The first-order chi connectivity index (χ1) is 15.4. The number of imidazole rings is 1. The molecule has 3 N–H and O–H groups in total. The van der Waals surface area contributed by atoms with E-state index in [2.05, 4.69) is 68.4 Å².